The van der Waals surface area contributed by atoms with Gasteiger partial charge >= 0.3 is 6.09 Å². The summed E-state index contributed by atoms with van der Waals surface area (Å²) in [6, 6.07) is 5.84. The topological polar surface area (TPSA) is 76.6 Å². The average Bonchev–Trinajstić information content (AvgIpc) is 2.90. The Labute approximate surface area is 115 Å². The first kappa shape index (κ1) is 12.5. The highest BCUT2D eigenvalue weighted by atomic mass is 16.4. The van der Waals surface area contributed by atoms with E-state index in [1.165, 1.54) is 4.90 Å². The van der Waals surface area contributed by atoms with Crippen molar-refractivity contribution in [3.8, 4) is 0 Å². The number of hydrogen-bond acceptors (Lipinski definition) is 3. The first-order chi connectivity index (χ1) is 9.70. The number of aldehydes is 1. The molecule has 104 valence electrons. The summed E-state index contributed by atoms with van der Waals surface area (Å²) < 4.78 is 0. The van der Waals surface area contributed by atoms with Gasteiger partial charge in [0.15, 0.2) is 6.29 Å². The number of carboxylic acid groups (broad SMARTS) is 1. The number of rotatable bonds is 2. The van der Waals surface area contributed by atoms with Gasteiger partial charge in [0.1, 0.15) is 0 Å². The Morgan fingerprint density at radius 2 is 2.00 bits per heavy atom. The molecule has 1 aromatic heterocycles. The van der Waals surface area contributed by atoms with Crippen LogP contribution >= 0.6 is 0 Å². The van der Waals surface area contributed by atoms with E-state index in [0.717, 1.165) is 22.9 Å². The molecule has 1 amide bonds. The van der Waals surface area contributed by atoms with Crippen molar-refractivity contribution in [1.82, 2.24) is 9.88 Å². The van der Waals surface area contributed by atoms with Crippen LogP contribution in [0.2, 0.25) is 0 Å². The highest BCUT2D eigenvalue weighted by molar-refractivity contribution is 6.04. The molecule has 6 nitrogen and oxygen atoms in total. The van der Waals surface area contributed by atoms with Crippen molar-refractivity contribution in [2.75, 3.05) is 31.1 Å². The Kier molecular flexibility index (Phi) is 3.06. The van der Waals surface area contributed by atoms with Crippen LogP contribution in [0.25, 0.3) is 10.9 Å². The standard InChI is InChI=1S/C14H15N3O3/c18-9-10-8-15-11-2-1-3-12(13(10)11)16-4-6-17(7-5-16)14(19)20/h1-3,8-9,15H,4-7H2,(H,19,20). The first-order valence-corrected chi connectivity index (χ1v) is 6.49. The van der Waals surface area contributed by atoms with Crippen molar-refractivity contribution in [1.29, 1.82) is 0 Å². The molecule has 0 unspecified atom stereocenters. The third kappa shape index (κ3) is 1.99. The number of carbonyl (C=O) groups excluding carboxylic acids is 1. The van der Waals surface area contributed by atoms with Crippen LogP contribution in [-0.2, 0) is 0 Å². The molecule has 2 aromatic rings. The Morgan fingerprint density at radius 3 is 2.65 bits per heavy atom. The van der Waals surface area contributed by atoms with Crippen LogP contribution in [-0.4, -0.2) is 53.5 Å². The predicted octanol–water partition coefficient (Wildman–Crippen LogP) is 1.78. The second-order valence-corrected chi connectivity index (χ2v) is 4.82. The molecule has 2 N–H and O–H groups in total. The predicted molar refractivity (Wildman–Crippen MR) is 75.5 cm³/mol. The summed E-state index contributed by atoms with van der Waals surface area (Å²) in [4.78, 5) is 28.7. The number of carbonyl (C=O) groups is 2. The maximum Gasteiger partial charge on any atom is 0.407 e. The molecule has 1 saturated heterocycles. The fourth-order valence-corrected chi connectivity index (χ4v) is 2.69. The molecule has 20 heavy (non-hydrogen) atoms. The lowest BCUT2D eigenvalue weighted by atomic mass is 10.1. The fourth-order valence-electron chi connectivity index (χ4n) is 2.69. The molecule has 0 radical (unpaired) electrons. The smallest absolute Gasteiger partial charge is 0.407 e. The molecule has 0 aliphatic carbocycles. The molecule has 0 bridgehead atoms. The summed E-state index contributed by atoms with van der Waals surface area (Å²) in [5, 5.41) is 9.88. The summed E-state index contributed by atoms with van der Waals surface area (Å²) in [5.74, 6) is 0. The maximum atomic E-state index is 11.1. The van der Waals surface area contributed by atoms with Crippen molar-refractivity contribution in [3.63, 3.8) is 0 Å². The Hall–Kier alpha value is -2.50. The van der Waals surface area contributed by atoms with Gasteiger partial charge in [-0.15, -0.1) is 0 Å². The number of amides is 1. The Bertz CT molecular complexity index is 657. The highest BCUT2D eigenvalue weighted by Crippen LogP contribution is 2.29. The van der Waals surface area contributed by atoms with Gasteiger partial charge in [-0.25, -0.2) is 4.79 Å². The van der Waals surface area contributed by atoms with E-state index in [2.05, 4.69) is 9.88 Å². The summed E-state index contributed by atoms with van der Waals surface area (Å²) in [7, 11) is 0. The van der Waals surface area contributed by atoms with Gasteiger partial charge in [-0.2, -0.15) is 0 Å². The first-order valence-electron chi connectivity index (χ1n) is 6.49. The number of H-pyrrole nitrogens is 1. The molecule has 6 heteroatoms. The van der Waals surface area contributed by atoms with Crippen LogP contribution in [0.4, 0.5) is 10.5 Å². The van der Waals surface area contributed by atoms with E-state index in [1.807, 2.05) is 18.2 Å². The second kappa shape index (κ2) is 4.88. The molecule has 1 fully saturated rings. The minimum absolute atomic E-state index is 0.479. The van der Waals surface area contributed by atoms with Gasteiger partial charge in [0.05, 0.1) is 0 Å². The van der Waals surface area contributed by atoms with Crippen molar-refractivity contribution >= 4 is 29.0 Å². The third-order valence-electron chi connectivity index (χ3n) is 3.73. The van der Waals surface area contributed by atoms with Crippen LogP contribution in [0, 0.1) is 0 Å². The summed E-state index contributed by atoms with van der Waals surface area (Å²) in [6.45, 7) is 2.23. The van der Waals surface area contributed by atoms with Crippen LogP contribution in [0.15, 0.2) is 24.4 Å². The van der Waals surface area contributed by atoms with Crippen LogP contribution in [0.5, 0.6) is 0 Å². The van der Waals surface area contributed by atoms with Crippen LogP contribution < -0.4 is 4.90 Å². The van der Waals surface area contributed by atoms with Gasteiger partial charge in [-0.1, -0.05) is 6.07 Å². The number of fused-ring (bicyclic) bond motifs is 1. The number of benzene rings is 1. The molecular formula is C14H15N3O3. The zero-order chi connectivity index (χ0) is 14.1. The summed E-state index contributed by atoms with van der Waals surface area (Å²) in [5.41, 5.74) is 2.54. The Morgan fingerprint density at radius 1 is 1.25 bits per heavy atom. The summed E-state index contributed by atoms with van der Waals surface area (Å²) >= 11 is 0. The zero-order valence-electron chi connectivity index (χ0n) is 10.9. The number of aromatic amines is 1. The quantitative estimate of drug-likeness (QED) is 0.818. The van der Waals surface area contributed by atoms with Gasteiger partial charge < -0.3 is 19.9 Å². The monoisotopic (exact) mass is 273 g/mol. The summed E-state index contributed by atoms with van der Waals surface area (Å²) in [6.07, 6.45) is 1.67. The van der Waals surface area contributed by atoms with Crippen molar-refractivity contribution in [2.24, 2.45) is 0 Å². The molecule has 3 rings (SSSR count). The van der Waals surface area contributed by atoms with E-state index in [4.69, 9.17) is 5.11 Å². The highest BCUT2D eigenvalue weighted by Gasteiger charge is 2.22. The third-order valence-corrected chi connectivity index (χ3v) is 3.73. The number of nitrogens with zero attached hydrogens (tertiary/aromatic N) is 2. The lowest BCUT2D eigenvalue weighted by molar-refractivity contribution is 0.112. The average molecular weight is 273 g/mol. The lowest BCUT2D eigenvalue weighted by Crippen LogP contribution is -2.48. The minimum Gasteiger partial charge on any atom is -0.465 e. The molecule has 0 atom stereocenters. The fraction of sp³-hybridized carbons (Fsp3) is 0.286. The normalized spacial score (nSPS) is 15.6. The molecule has 0 saturated carbocycles. The van der Waals surface area contributed by atoms with E-state index in [-0.39, 0.29) is 0 Å². The maximum absolute atomic E-state index is 11.1. The van der Waals surface area contributed by atoms with E-state index >= 15 is 0 Å². The Balaban J connectivity index is 1.93. The van der Waals surface area contributed by atoms with Crippen LogP contribution in [0.1, 0.15) is 10.4 Å². The molecule has 1 aliphatic rings. The van der Waals surface area contributed by atoms with Crippen molar-refractivity contribution in [3.05, 3.63) is 30.0 Å². The molecule has 1 aliphatic heterocycles. The second-order valence-electron chi connectivity index (χ2n) is 4.82. The van der Waals surface area contributed by atoms with Crippen LogP contribution in [0.3, 0.4) is 0 Å². The largest absolute Gasteiger partial charge is 0.465 e. The van der Waals surface area contributed by atoms with Gasteiger partial charge in [-0.05, 0) is 12.1 Å². The molecule has 2 heterocycles. The van der Waals surface area contributed by atoms with Gasteiger partial charge in [0, 0.05) is 54.5 Å². The SMILES string of the molecule is O=Cc1c[nH]c2cccc(N3CCN(C(=O)O)CC3)c12. The molecular weight excluding hydrogens is 258 g/mol. The van der Waals surface area contributed by atoms with Crippen molar-refractivity contribution < 1.29 is 14.7 Å². The van der Waals surface area contributed by atoms with E-state index < -0.39 is 6.09 Å². The molecule has 0 spiro atoms. The number of nitrogens with one attached hydrogen (secondary N) is 1. The zero-order valence-corrected chi connectivity index (χ0v) is 10.9. The van der Waals surface area contributed by atoms with Gasteiger partial charge in [0.25, 0.3) is 0 Å². The number of hydrogen-bond donors (Lipinski definition) is 2. The lowest BCUT2D eigenvalue weighted by Gasteiger charge is -2.35. The number of anilines is 1. The molecule has 1 aromatic carbocycles. The van der Waals surface area contributed by atoms with E-state index in [0.29, 0.717) is 31.7 Å². The van der Waals surface area contributed by atoms with E-state index in [9.17, 15) is 9.59 Å². The van der Waals surface area contributed by atoms with E-state index in [1.54, 1.807) is 6.20 Å². The minimum atomic E-state index is -0.877. The van der Waals surface area contributed by atoms with Gasteiger partial charge in [-0.3, -0.25) is 4.79 Å². The number of piperazine rings is 1. The number of aromatic nitrogens is 1. The van der Waals surface area contributed by atoms with Crippen molar-refractivity contribution in [2.45, 2.75) is 0 Å². The van der Waals surface area contributed by atoms with Gasteiger partial charge in [0.2, 0.25) is 0 Å².